The van der Waals surface area contributed by atoms with Gasteiger partial charge in [0.1, 0.15) is 0 Å². The van der Waals surface area contributed by atoms with Crippen LogP contribution >= 0.6 is 15.9 Å². The smallest absolute Gasteiger partial charge is 0.303 e. The van der Waals surface area contributed by atoms with Crippen molar-refractivity contribution in [1.29, 1.82) is 0 Å². The third-order valence-electron chi connectivity index (χ3n) is 3.87. The highest BCUT2D eigenvalue weighted by Gasteiger charge is 2.24. The average Bonchev–Trinajstić information content (AvgIpc) is 2.45. The third kappa shape index (κ3) is 3.97. The van der Waals surface area contributed by atoms with E-state index in [9.17, 15) is 9.59 Å². The summed E-state index contributed by atoms with van der Waals surface area (Å²) in [5, 5.41) is 8.87. The highest BCUT2D eigenvalue weighted by atomic mass is 79.9. The van der Waals surface area contributed by atoms with E-state index in [0.29, 0.717) is 16.5 Å². The van der Waals surface area contributed by atoms with Gasteiger partial charge in [-0.2, -0.15) is 0 Å². The second kappa shape index (κ2) is 6.93. The van der Waals surface area contributed by atoms with E-state index in [2.05, 4.69) is 20.8 Å². The minimum atomic E-state index is -0.759. The normalized spacial score (nSPS) is 18.5. The Morgan fingerprint density at radius 2 is 2.14 bits per heavy atom. The fourth-order valence-corrected chi connectivity index (χ4v) is 3.38. The molecule has 0 aliphatic carbocycles. The number of carbonyl (C=O) groups excluding carboxylic acids is 1. The van der Waals surface area contributed by atoms with Crippen molar-refractivity contribution in [2.24, 2.45) is 5.73 Å². The van der Waals surface area contributed by atoms with Gasteiger partial charge in [-0.15, -0.1) is 0 Å². The van der Waals surface area contributed by atoms with E-state index in [1.165, 1.54) is 0 Å². The van der Waals surface area contributed by atoms with Gasteiger partial charge >= 0.3 is 5.97 Å². The minimum absolute atomic E-state index is 0.182. The maximum atomic E-state index is 11.3. The fourth-order valence-electron chi connectivity index (χ4n) is 2.81. The molecule has 0 radical (unpaired) electrons. The molecule has 0 saturated carbocycles. The van der Waals surface area contributed by atoms with E-state index in [-0.39, 0.29) is 12.5 Å². The lowest BCUT2D eigenvalue weighted by molar-refractivity contribution is -0.137. The summed E-state index contributed by atoms with van der Waals surface area (Å²) in [6, 6.07) is 5.72. The van der Waals surface area contributed by atoms with Gasteiger partial charge in [0.05, 0.1) is 5.56 Å². The quantitative estimate of drug-likeness (QED) is 0.851. The monoisotopic (exact) mass is 354 g/mol. The molecule has 1 heterocycles. The summed E-state index contributed by atoms with van der Waals surface area (Å²) in [7, 11) is 0. The van der Waals surface area contributed by atoms with Crippen molar-refractivity contribution in [2.75, 3.05) is 11.4 Å². The number of piperidine rings is 1. The van der Waals surface area contributed by atoms with Crippen molar-refractivity contribution >= 4 is 33.5 Å². The Labute approximate surface area is 132 Å². The summed E-state index contributed by atoms with van der Waals surface area (Å²) < 4.78 is 0.676. The zero-order valence-electron chi connectivity index (χ0n) is 11.7. The number of nitrogens with zero attached hydrogens (tertiary/aromatic N) is 1. The molecule has 1 atom stereocenters. The molecule has 2 rings (SSSR count). The maximum absolute atomic E-state index is 11.3. The molecule has 1 amide bonds. The fraction of sp³-hybridized carbons (Fsp3) is 0.467. The first-order valence-corrected chi connectivity index (χ1v) is 7.86. The number of hydrogen-bond acceptors (Lipinski definition) is 3. The van der Waals surface area contributed by atoms with Gasteiger partial charge in [-0.1, -0.05) is 0 Å². The van der Waals surface area contributed by atoms with E-state index in [0.717, 1.165) is 31.5 Å². The molecular formula is C15H19BrN2O3. The largest absolute Gasteiger partial charge is 0.481 e. The lowest BCUT2D eigenvalue weighted by Gasteiger charge is -2.37. The zero-order chi connectivity index (χ0) is 15.4. The van der Waals surface area contributed by atoms with Gasteiger partial charge in [-0.05, 0) is 59.8 Å². The summed E-state index contributed by atoms with van der Waals surface area (Å²) in [5.41, 5.74) is 6.76. The predicted octanol–water partition coefficient (Wildman–Crippen LogP) is 2.77. The number of halogens is 1. The van der Waals surface area contributed by atoms with Crippen LogP contribution in [0.3, 0.4) is 0 Å². The standard InChI is InChI=1S/C15H19BrN2O3/c16-13-9-11(4-6-12(13)15(17)21)18-8-2-1-3-10(18)5-7-14(19)20/h4,6,9-10H,1-3,5,7-8H2,(H2,17,21)(H,19,20). The first kappa shape index (κ1) is 15.8. The first-order chi connectivity index (χ1) is 9.99. The number of hydrogen-bond donors (Lipinski definition) is 2. The van der Waals surface area contributed by atoms with Crippen LogP contribution in [0, 0.1) is 0 Å². The molecule has 114 valence electrons. The molecule has 1 saturated heterocycles. The lowest BCUT2D eigenvalue weighted by Crippen LogP contribution is -2.40. The molecule has 21 heavy (non-hydrogen) atoms. The second-order valence-electron chi connectivity index (χ2n) is 5.30. The Morgan fingerprint density at radius 1 is 1.38 bits per heavy atom. The molecule has 5 nitrogen and oxygen atoms in total. The number of anilines is 1. The summed E-state index contributed by atoms with van der Waals surface area (Å²) in [4.78, 5) is 24.3. The number of nitrogens with two attached hydrogens (primary N) is 1. The Bertz CT molecular complexity index is 548. The van der Waals surface area contributed by atoms with Crippen LogP contribution in [0.2, 0.25) is 0 Å². The summed E-state index contributed by atoms with van der Waals surface area (Å²) in [5.74, 6) is -1.22. The van der Waals surface area contributed by atoms with Crippen LogP contribution < -0.4 is 10.6 Å². The topological polar surface area (TPSA) is 83.6 Å². The maximum Gasteiger partial charge on any atom is 0.303 e. The summed E-state index contributed by atoms with van der Waals surface area (Å²) in [6.07, 6.45) is 4.05. The number of primary amides is 1. The van der Waals surface area contributed by atoms with Crippen molar-refractivity contribution in [2.45, 2.75) is 38.1 Å². The molecule has 1 unspecified atom stereocenters. The number of benzene rings is 1. The number of carbonyl (C=O) groups is 2. The van der Waals surface area contributed by atoms with Crippen LogP contribution in [-0.4, -0.2) is 29.6 Å². The molecule has 0 bridgehead atoms. The van der Waals surface area contributed by atoms with Crippen LogP contribution in [0.4, 0.5) is 5.69 Å². The third-order valence-corrected chi connectivity index (χ3v) is 4.52. The predicted molar refractivity (Wildman–Crippen MR) is 84.5 cm³/mol. The summed E-state index contributed by atoms with van der Waals surface area (Å²) >= 11 is 3.37. The van der Waals surface area contributed by atoms with Gasteiger partial charge in [-0.25, -0.2) is 0 Å². The number of aliphatic carboxylic acids is 1. The van der Waals surface area contributed by atoms with Crippen LogP contribution in [0.1, 0.15) is 42.5 Å². The van der Waals surface area contributed by atoms with Gasteiger partial charge in [0.25, 0.3) is 0 Å². The zero-order valence-corrected chi connectivity index (χ0v) is 13.3. The van der Waals surface area contributed by atoms with Gasteiger partial charge in [0, 0.05) is 29.2 Å². The van der Waals surface area contributed by atoms with Gasteiger partial charge < -0.3 is 15.7 Å². The Kier molecular flexibility index (Phi) is 5.22. The number of rotatable bonds is 5. The van der Waals surface area contributed by atoms with E-state index in [4.69, 9.17) is 10.8 Å². The van der Waals surface area contributed by atoms with Gasteiger partial charge in [0.15, 0.2) is 0 Å². The molecule has 0 aromatic heterocycles. The Hall–Kier alpha value is -1.56. The molecule has 3 N–H and O–H groups in total. The Morgan fingerprint density at radius 3 is 2.76 bits per heavy atom. The first-order valence-electron chi connectivity index (χ1n) is 7.07. The van der Waals surface area contributed by atoms with Gasteiger partial charge in [0.2, 0.25) is 5.91 Å². The van der Waals surface area contributed by atoms with Crippen molar-refractivity contribution in [3.63, 3.8) is 0 Å². The number of carboxylic acids is 1. The minimum Gasteiger partial charge on any atom is -0.481 e. The molecule has 6 heteroatoms. The van der Waals surface area contributed by atoms with Gasteiger partial charge in [-0.3, -0.25) is 9.59 Å². The van der Waals surface area contributed by atoms with Crippen molar-refractivity contribution in [3.8, 4) is 0 Å². The van der Waals surface area contributed by atoms with E-state index in [1.807, 2.05) is 12.1 Å². The lowest BCUT2D eigenvalue weighted by atomic mass is 9.97. The van der Waals surface area contributed by atoms with E-state index in [1.54, 1.807) is 6.07 Å². The highest BCUT2D eigenvalue weighted by molar-refractivity contribution is 9.10. The SMILES string of the molecule is NC(=O)c1ccc(N2CCCCC2CCC(=O)O)cc1Br. The molecule has 1 aliphatic rings. The van der Waals surface area contributed by atoms with Crippen molar-refractivity contribution in [1.82, 2.24) is 0 Å². The molecule has 1 aromatic carbocycles. The summed E-state index contributed by atoms with van der Waals surface area (Å²) in [6.45, 7) is 0.909. The van der Waals surface area contributed by atoms with Crippen LogP contribution in [-0.2, 0) is 4.79 Å². The van der Waals surface area contributed by atoms with Crippen LogP contribution in [0.5, 0.6) is 0 Å². The van der Waals surface area contributed by atoms with E-state index < -0.39 is 11.9 Å². The number of amides is 1. The molecule has 1 fully saturated rings. The highest BCUT2D eigenvalue weighted by Crippen LogP contribution is 2.30. The molecular weight excluding hydrogens is 336 g/mol. The molecule has 1 aromatic rings. The average molecular weight is 355 g/mol. The molecule has 1 aliphatic heterocycles. The van der Waals surface area contributed by atoms with Crippen LogP contribution in [0.25, 0.3) is 0 Å². The van der Waals surface area contributed by atoms with Crippen molar-refractivity contribution < 1.29 is 14.7 Å². The Balaban J connectivity index is 2.18. The van der Waals surface area contributed by atoms with E-state index >= 15 is 0 Å². The van der Waals surface area contributed by atoms with Crippen LogP contribution in [0.15, 0.2) is 22.7 Å². The second-order valence-corrected chi connectivity index (χ2v) is 6.16. The number of carboxylic acid groups (broad SMARTS) is 1. The van der Waals surface area contributed by atoms with Crippen molar-refractivity contribution in [3.05, 3.63) is 28.2 Å². The molecule has 0 spiro atoms.